The highest BCUT2D eigenvalue weighted by atomic mass is 79.9. The first-order chi connectivity index (χ1) is 12.3. The minimum Gasteiger partial charge on any atom is -0.299 e. The van der Waals surface area contributed by atoms with Gasteiger partial charge in [-0.3, -0.25) is 8.61 Å². The maximum absolute atomic E-state index is 4.53. The summed E-state index contributed by atoms with van der Waals surface area (Å²) < 4.78 is 6.05. The summed E-state index contributed by atoms with van der Waals surface area (Å²) in [6.07, 6.45) is 3.63. The average Bonchev–Trinajstić information content (AvgIpc) is 2.58. The van der Waals surface area contributed by atoms with Crippen LogP contribution in [0.1, 0.15) is 11.1 Å². The quantitative estimate of drug-likeness (QED) is 0.173. The van der Waals surface area contributed by atoms with Crippen LogP contribution in [-0.2, 0) is 0 Å². The largest absolute Gasteiger partial charge is 0.299 e. The van der Waals surface area contributed by atoms with E-state index in [0.29, 0.717) is 0 Å². The highest BCUT2D eigenvalue weighted by molar-refractivity contribution is 9.10. The molecule has 0 saturated carbocycles. The first-order valence-electron chi connectivity index (χ1n) is 7.76. The third kappa shape index (κ3) is 6.98. The van der Waals surface area contributed by atoms with Crippen LogP contribution in [0.5, 0.6) is 0 Å². The second kappa shape index (κ2) is 10.4. The van der Waals surface area contributed by atoms with Gasteiger partial charge in [0.2, 0.25) is 0 Å². The fourth-order valence-corrected chi connectivity index (χ4v) is 4.15. The van der Waals surface area contributed by atoms with Crippen molar-refractivity contribution in [1.82, 2.24) is 8.61 Å². The van der Waals surface area contributed by atoms with Gasteiger partial charge in [-0.1, -0.05) is 31.9 Å². The fraction of sp³-hybridized carbons (Fsp3) is 0.222. The summed E-state index contributed by atoms with van der Waals surface area (Å²) in [7, 11) is 7.09. The van der Waals surface area contributed by atoms with Gasteiger partial charge in [-0.2, -0.15) is 0 Å². The molecule has 0 atom stereocenters. The van der Waals surface area contributed by atoms with Gasteiger partial charge in [-0.15, -0.1) is 0 Å². The number of benzene rings is 2. The molecule has 0 bridgehead atoms. The normalized spacial score (nSPS) is 11.5. The SMILES string of the molecule is Cc1cc(Br)ccc1N=CN(C)SSN(C)C=Nc1ccc(Br)cc1C. The van der Waals surface area contributed by atoms with Gasteiger partial charge in [0.25, 0.3) is 0 Å². The molecule has 138 valence electrons. The Morgan fingerprint density at radius 2 is 1.15 bits per heavy atom. The zero-order valence-electron chi connectivity index (χ0n) is 15.0. The lowest BCUT2D eigenvalue weighted by atomic mass is 10.2. The average molecular weight is 516 g/mol. The van der Waals surface area contributed by atoms with Gasteiger partial charge < -0.3 is 0 Å². The molecule has 2 aromatic rings. The molecule has 0 heterocycles. The summed E-state index contributed by atoms with van der Waals surface area (Å²) in [5.74, 6) is 0. The van der Waals surface area contributed by atoms with E-state index in [9.17, 15) is 0 Å². The molecule has 2 rings (SSSR count). The summed E-state index contributed by atoms with van der Waals surface area (Å²) in [5.41, 5.74) is 4.20. The third-order valence-corrected chi connectivity index (χ3v) is 6.63. The van der Waals surface area contributed by atoms with Gasteiger partial charge in [0, 0.05) is 45.0 Å². The standard InChI is InChI=1S/C18H20Br2N4S2/c1-13-9-15(19)5-7-17(13)21-11-23(3)25-26-24(4)12-22-18-8-6-16(20)10-14(18)2/h5-12H,1-4H3. The number of aryl methyl sites for hydroxylation is 2. The number of rotatable bonds is 7. The second-order valence-electron chi connectivity index (χ2n) is 5.59. The van der Waals surface area contributed by atoms with Gasteiger partial charge in [-0.25, -0.2) is 9.98 Å². The summed E-state index contributed by atoms with van der Waals surface area (Å²) in [6, 6.07) is 12.1. The Balaban J connectivity index is 1.85. The molecule has 0 spiro atoms. The molecule has 0 radical (unpaired) electrons. The van der Waals surface area contributed by atoms with Crippen molar-refractivity contribution < 1.29 is 0 Å². The van der Waals surface area contributed by atoms with Crippen LogP contribution in [0.2, 0.25) is 0 Å². The molecule has 2 aromatic carbocycles. The fourth-order valence-electron chi connectivity index (χ4n) is 1.96. The van der Waals surface area contributed by atoms with E-state index in [4.69, 9.17) is 0 Å². The van der Waals surface area contributed by atoms with Crippen LogP contribution < -0.4 is 0 Å². The van der Waals surface area contributed by atoms with E-state index < -0.39 is 0 Å². The first-order valence-corrected chi connectivity index (χ1v) is 11.4. The molecule has 26 heavy (non-hydrogen) atoms. The zero-order chi connectivity index (χ0) is 19.1. The van der Waals surface area contributed by atoms with E-state index in [2.05, 4.69) is 54.0 Å². The van der Waals surface area contributed by atoms with E-state index in [-0.39, 0.29) is 0 Å². The van der Waals surface area contributed by atoms with Gasteiger partial charge in [0.1, 0.15) is 12.7 Å². The van der Waals surface area contributed by atoms with Crippen LogP contribution in [0.4, 0.5) is 11.4 Å². The van der Waals surface area contributed by atoms with Crippen molar-refractivity contribution in [1.29, 1.82) is 0 Å². The summed E-state index contributed by atoms with van der Waals surface area (Å²) >= 11 is 6.93. The molecule has 0 N–H and O–H groups in total. The highest BCUT2D eigenvalue weighted by Crippen LogP contribution is 2.28. The van der Waals surface area contributed by atoms with Gasteiger partial charge in [0.05, 0.1) is 11.4 Å². The van der Waals surface area contributed by atoms with Crippen LogP contribution >= 0.6 is 53.8 Å². The van der Waals surface area contributed by atoms with Gasteiger partial charge >= 0.3 is 0 Å². The predicted molar refractivity (Wildman–Crippen MR) is 125 cm³/mol. The Kier molecular flexibility index (Phi) is 8.53. The topological polar surface area (TPSA) is 31.2 Å². The monoisotopic (exact) mass is 514 g/mol. The Bertz CT molecular complexity index is 744. The molecular weight excluding hydrogens is 496 g/mol. The van der Waals surface area contributed by atoms with Crippen molar-refractivity contribution in [3.8, 4) is 0 Å². The second-order valence-corrected chi connectivity index (χ2v) is 9.77. The predicted octanol–water partition coefficient (Wildman–Crippen LogP) is 6.92. The minimum atomic E-state index is 0.964. The van der Waals surface area contributed by atoms with Crippen LogP contribution in [0.15, 0.2) is 55.3 Å². The lowest BCUT2D eigenvalue weighted by molar-refractivity contribution is 0.866. The van der Waals surface area contributed by atoms with Crippen LogP contribution in [0.25, 0.3) is 0 Å². The number of aliphatic imine (C=N–C) groups is 2. The van der Waals surface area contributed by atoms with Crippen LogP contribution in [-0.4, -0.2) is 35.4 Å². The number of halogens is 2. The van der Waals surface area contributed by atoms with E-state index in [1.165, 1.54) is 0 Å². The molecular formula is C18H20Br2N4S2. The lowest BCUT2D eigenvalue weighted by Crippen LogP contribution is -2.09. The minimum absolute atomic E-state index is 0.964. The van der Waals surface area contributed by atoms with E-state index in [1.807, 2.05) is 73.5 Å². The summed E-state index contributed by atoms with van der Waals surface area (Å²) in [6.45, 7) is 4.10. The van der Waals surface area contributed by atoms with Crippen LogP contribution in [0, 0.1) is 13.8 Å². The van der Waals surface area contributed by atoms with Gasteiger partial charge in [0.15, 0.2) is 0 Å². The van der Waals surface area contributed by atoms with Gasteiger partial charge in [-0.05, 0) is 61.4 Å². The Hall–Kier alpha value is -0.960. The molecule has 0 unspecified atom stereocenters. The number of nitrogens with zero attached hydrogens (tertiary/aromatic N) is 4. The summed E-state index contributed by atoms with van der Waals surface area (Å²) in [5, 5.41) is 0. The molecule has 0 fully saturated rings. The smallest absolute Gasteiger partial charge is 0.102 e. The maximum Gasteiger partial charge on any atom is 0.102 e. The Morgan fingerprint density at radius 1 is 0.769 bits per heavy atom. The molecule has 0 aliphatic carbocycles. The zero-order valence-corrected chi connectivity index (χ0v) is 19.8. The molecule has 0 aromatic heterocycles. The first kappa shape index (κ1) is 21.3. The van der Waals surface area contributed by atoms with Crippen molar-refractivity contribution in [2.75, 3.05) is 14.1 Å². The van der Waals surface area contributed by atoms with Crippen LogP contribution in [0.3, 0.4) is 0 Å². The molecule has 0 aliphatic heterocycles. The van der Waals surface area contributed by atoms with Crippen molar-refractivity contribution in [3.63, 3.8) is 0 Å². The summed E-state index contributed by atoms with van der Waals surface area (Å²) in [4.78, 5) is 9.05. The Morgan fingerprint density at radius 3 is 1.50 bits per heavy atom. The molecule has 0 saturated heterocycles. The Labute approximate surface area is 180 Å². The van der Waals surface area contributed by atoms with Crippen molar-refractivity contribution >= 4 is 77.9 Å². The number of hydrogen-bond acceptors (Lipinski definition) is 4. The number of hydrogen-bond donors (Lipinski definition) is 0. The highest BCUT2D eigenvalue weighted by Gasteiger charge is 2.01. The molecule has 4 nitrogen and oxygen atoms in total. The maximum atomic E-state index is 4.53. The van der Waals surface area contributed by atoms with Crippen molar-refractivity contribution in [3.05, 3.63) is 56.5 Å². The third-order valence-electron chi connectivity index (χ3n) is 3.31. The van der Waals surface area contributed by atoms with E-state index in [0.717, 1.165) is 31.4 Å². The van der Waals surface area contributed by atoms with Crippen molar-refractivity contribution in [2.45, 2.75) is 13.8 Å². The molecule has 8 heteroatoms. The van der Waals surface area contributed by atoms with E-state index in [1.54, 1.807) is 22.0 Å². The van der Waals surface area contributed by atoms with E-state index >= 15 is 0 Å². The molecule has 0 amide bonds. The lowest BCUT2D eigenvalue weighted by Gasteiger charge is -2.15. The van der Waals surface area contributed by atoms with Crippen molar-refractivity contribution in [2.24, 2.45) is 9.98 Å². The molecule has 0 aliphatic rings.